The zero-order valence-corrected chi connectivity index (χ0v) is 19.0. The van der Waals surface area contributed by atoms with Crippen LogP contribution in [0.2, 0.25) is 5.02 Å². The van der Waals surface area contributed by atoms with Gasteiger partial charge in [-0.05, 0) is 43.0 Å². The summed E-state index contributed by atoms with van der Waals surface area (Å²) >= 11 is 6.19. The first kappa shape index (κ1) is 22.7. The van der Waals surface area contributed by atoms with E-state index in [1.165, 1.54) is 6.07 Å². The van der Waals surface area contributed by atoms with E-state index in [2.05, 4.69) is 26.7 Å². The van der Waals surface area contributed by atoms with Crippen molar-refractivity contribution >= 4 is 47.4 Å². The van der Waals surface area contributed by atoms with Gasteiger partial charge in [0, 0.05) is 43.9 Å². The molecule has 0 aliphatic carbocycles. The lowest BCUT2D eigenvalue weighted by Gasteiger charge is -2.20. The minimum absolute atomic E-state index is 0. The van der Waals surface area contributed by atoms with Crippen molar-refractivity contribution in [1.82, 2.24) is 15.6 Å². The molecule has 1 atom stereocenters. The number of guanidine groups is 1. The molecule has 1 fully saturated rings. The summed E-state index contributed by atoms with van der Waals surface area (Å²) < 4.78 is 13.9. The number of nitrogens with one attached hydrogen (secondary N) is 2. The minimum Gasteiger partial charge on any atom is -0.356 e. The van der Waals surface area contributed by atoms with Gasteiger partial charge in [0.25, 0.3) is 0 Å². The Labute approximate surface area is 187 Å². The van der Waals surface area contributed by atoms with E-state index in [1.807, 2.05) is 23.1 Å². The maximum Gasteiger partial charge on any atom is 0.191 e. The lowest BCUT2D eigenvalue weighted by Crippen LogP contribution is -2.45. The third-order valence-electron chi connectivity index (χ3n) is 4.66. The van der Waals surface area contributed by atoms with Gasteiger partial charge in [-0.2, -0.15) is 0 Å². The van der Waals surface area contributed by atoms with E-state index in [9.17, 15) is 4.39 Å². The van der Waals surface area contributed by atoms with Crippen molar-refractivity contribution in [3.8, 4) is 0 Å². The molecule has 0 spiro atoms. The number of hydrogen-bond donors (Lipinski definition) is 2. The van der Waals surface area contributed by atoms with Crippen LogP contribution in [-0.2, 0) is 6.42 Å². The zero-order chi connectivity index (χ0) is 19.1. The van der Waals surface area contributed by atoms with Crippen molar-refractivity contribution in [2.75, 3.05) is 31.6 Å². The van der Waals surface area contributed by atoms with Crippen molar-refractivity contribution in [3.05, 3.63) is 59.0 Å². The van der Waals surface area contributed by atoms with Crippen LogP contribution in [0.15, 0.2) is 47.6 Å². The molecule has 0 amide bonds. The molecule has 3 rings (SSSR count). The Hall–Kier alpha value is -1.61. The first-order valence-electron chi connectivity index (χ1n) is 9.23. The van der Waals surface area contributed by atoms with Crippen LogP contribution in [-0.4, -0.2) is 43.7 Å². The van der Waals surface area contributed by atoms with Gasteiger partial charge in [0.05, 0.1) is 0 Å². The predicted octanol–water partition coefficient (Wildman–Crippen LogP) is 3.87. The molecule has 8 heteroatoms. The summed E-state index contributed by atoms with van der Waals surface area (Å²) in [6.45, 7) is 2.28. The van der Waals surface area contributed by atoms with E-state index in [1.54, 1.807) is 19.3 Å². The average Bonchev–Trinajstić information content (AvgIpc) is 3.14. The molecular weight excluding hydrogens is 492 g/mol. The summed E-state index contributed by atoms with van der Waals surface area (Å²) in [7, 11) is 1.76. The summed E-state index contributed by atoms with van der Waals surface area (Å²) in [5.74, 6) is 0.909. The highest BCUT2D eigenvalue weighted by molar-refractivity contribution is 14.0. The second-order valence-electron chi connectivity index (χ2n) is 6.58. The Balaban J connectivity index is 0.00000280. The number of benzene rings is 1. The molecule has 28 heavy (non-hydrogen) atoms. The summed E-state index contributed by atoms with van der Waals surface area (Å²) in [4.78, 5) is 10.4. The summed E-state index contributed by atoms with van der Waals surface area (Å²) in [6.07, 6.45) is 4.41. The van der Waals surface area contributed by atoms with Crippen LogP contribution in [0.3, 0.4) is 0 Å². The lowest BCUT2D eigenvalue weighted by molar-refractivity contribution is 0.612. The van der Waals surface area contributed by atoms with Crippen LogP contribution in [0.4, 0.5) is 10.2 Å². The molecule has 1 saturated heterocycles. The molecule has 1 unspecified atom stereocenters. The Morgan fingerprint density at radius 1 is 1.32 bits per heavy atom. The maximum absolute atomic E-state index is 13.9. The number of pyridine rings is 1. The number of nitrogens with zero attached hydrogens (tertiary/aromatic N) is 3. The van der Waals surface area contributed by atoms with Gasteiger partial charge in [-0.1, -0.05) is 29.8 Å². The van der Waals surface area contributed by atoms with Gasteiger partial charge < -0.3 is 15.5 Å². The summed E-state index contributed by atoms with van der Waals surface area (Å²) in [6, 6.07) is 11.2. The molecule has 1 aromatic heterocycles. The standard InChI is InChI=1S/C20H25ClFN5.HI/c1-23-20(25-12-4-7-15-6-2-3-8-17(15)21)26-16-10-13-27(14-16)19-18(22)9-5-11-24-19;/h2-3,5-6,8-9,11,16H,4,7,10,12-14H2,1H3,(H2,23,25,26);1H. The largest absolute Gasteiger partial charge is 0.356 e. The van der Waals surface area contributed by atoms with Gasteiger partial charge in [-0.25, -0.2) is 9.37 Å². The molecule has 2 aromatic rings. The lowest BCUT2D eigenvalue weighted by atomic mass is 10.1. The summed E-state index contributed by atoms with van der Waals surface area (Å²) in [5.41, 5.74) is 1.16. The SMILES string of the molecule is CN=C(NCCCc1ccccc1Cl)NC1CCN(c2ncccc2F)C1.I. The highest BCUT2D eigenvalue weighted by Crippen LogP contribution is 2.20. The van der Waals surface area contributed by atoms with E-state index >= 15 is 0 Å². The number of aromatic nitrogens is 1. The van der Waals surface area contributed by atoms with Crippen molar-refractivity contribution in [3.63, 3.8) is 0 Å². The van der Waals surface area contributed by atoms with Gasteiger partial charge in [0.2, 0.25) is 0 Å². The fourth-order valence-electron chi connectivity index (χ4n) is 3.26. The van der Waals surface area contributed by atoms with Gasteiger partial charge in [0.1, 0.15) is 0 Å². The summed E-state index contributed by atoms with van der Waals surface area (Å²) in [5, 5.41) is 7.57. The minimum atomic E-state index is -0.278. The smallest absolute Gasteiger partial charge is 0.191 e. The predicted molar refractivity (Wildman–Crippen MR) is 124 cm³/mol. The normalized spacial score (nSPS) is 16.6. The van der Waals surface area contributed by atoms with Crippen molar-refractivity contribution in [2.24, 2.45) is 4.99 Å². The quantitative estimate of drug-likeness (QED) is 0.264. The Morgan fingerprint density at radius 2 is 2.14 bits per heavy atom. The van der Waals surface area contributed by atoms with Gasteiger partial charge in [0.15, 0.2) is 17.6 Å². The number of halogens is 3. The van der Waals surface area contributed by atoms with E-state index < -0.39 is 0 Å². The Morgan fingerprint density at radius 3 is 2.89 bits per heavy atom. The Bertz CT molecular complexity index is 789. The number of anilines is 1. The maximum atomic E-state index is 13.9. The second-order valence-corrected chi connectivity index (χ2v) is 6.99. The molecule has 1 aliphatic heterocycles. The first-order chi connectivity index (χ1) is 13.2. The van der Waals surface area contributed by atoms with Crippen LogP contribution in [0.25, 0.3) is 0 Å². The van der Waals surface area contributed by atoms with E-state index in [-0.39, 0.29) is 35.8 Å². The molecule has 0 bridgehead atoms. The third-order valence-corrected chi connectivity index (χ3v) is 5.03. The number of rotatable bonds is 6. The van der Waals surface area contributed by atoms with Crippen molar-refractivity contribution < 1.29 is 4.39 Å². The molecular formula is C20H26ClFIN5. The highest BCUT2D eigenvalue weighted by atomic mass is 127. The zero-order valence-electron chi connectivity index (χ0n) is 15.9. The van der Waals surface area contributed by atoms with Crippen LogP contribution in [0, 0.1) is 5.82 Å². The van der Waals surface area contributed by atoms with Crippen molar-refractivity contribution in [2.45, 2.75) is 25.3 Å². The fraction of sp³-hybridized carbons (Fsp3) is 0.400. The molecule has 0 saturated carbocycles. The van der Waals surface area contributed by atoms with Gasteiger partial charge >= 0.3 is 0 Å². The number of aliphatic imine (C=N–C) groups is 1. The van der Waals surface area contributed by atoms with E-state index in [0.29, 0.717) is 12.4 Å². The van der Waals surface area contributed by atoms with Crippen molar-refractivity contribution in [1.29, 1.82) is 0 Å². The monoisotopic (exact) mass is 517 g/mol. The third kappa shape index (κ3) is 6.20. The molecule has 0 radical (unpaired) electrons. The number of hydrogen-bond acceptors (Lipinski definition) is 3. The molecule has 1 aromatic carbocycles. The Kier molecular flexibility index (Phi) is 9.24. The fourth-order valence-corrected chi connectivity index (χ4v) is 3.49. The van der Waals surface area contributed by atoms with Crippen LogP contribution >= 0.6 is 35.6 Å². The average molecular weight is 518 g/mol. The van der Waals surface area contributed by atoms with Crippen LogP contribution < -0.4 is 15.5 Å². The topological polar surface area (TPSA) is 52.6 Å². The van der Waals surface area contributed by atoms with Gasteiger partial charge in [-0.15, -0.1) is 24.0 Å². The molecule has 2 heterocycles. The number of aryl methyl sites for hydroxylation is 1. The van der Waals surface area contributed by atoms with Crippen LogP contribution in [0.1, 0.15) is 18.4 Å². The first-order valence-corrected chi connectivity index (χ1v) is 9.61. The van der Waals surface area contributed by atoms with Gasteiger partial charge in [-0.3, -0.25) is 4.99 Å². The molecule has 5 nitrogen and oxygen atoms in total. The van der Waals surface area contributed by atoms with E-state index in [4.69, 9.17) is 11.6 Å². The second kappa shape index (κ2) is 11.4. The molecule has 1 aliphatic rings. The highest BCUT2D eigenvalue weighted by Gasteiger charge is 2.25. The molecule has 152 valence electrons. The van der Waals surface area contributed by atoms with E-state index in [0.717, 1.165) is 48.9 Å². The molecule has 2 N–H and O–H groups in total. The van der Waals surface area contributed by atoms with Crippen LogP contribution in [0.5, 0.6) is 0 Å².